The molecule has 2 heterocycles. The van der Waals surface area contributed by atoms with Crippen molar-refractivity contribution in [2.75, 3.05) is 19.6 Å². The summed E-state index contributed by atoms with van der Waals surface area (Å²) in [6, 6.07) is 7.68. The number of carbonyl (C=O) groups excluding carboxylic acids is 2. The van der Waals surface area contributed by atoms with Gasteiger partial charge in [-0.1, -0.05) is 41.6 Å². The fourth-order valence-corrected chi connectivity index (χ4v) is 3.49. The van der Waals surface area contributed by atoms with E-state index in [-0.39, 0.29) is 32.0 Å². The minimum atomic E-state index is -1.33. The third-order valence-electron chi connectivity index (χ3n) is 5.34. The number of alkyl carbamates (subject to hydrolysis) is 1. The lowest BCUT2D eigenvalue weighted by Crippen LogP contribution is -2.53. The van der Waals surface area contributed by atoms with E-state index in [1.54, 1.807) is 24.3 Å². The number of carboxylic acids is 1. The van der Waals surface area contributed by atoms with Gasteiger partial charge in [0.15, 0.2) is 0 Å². The van der Waals surface area contributed by atoms with Gasteiger partial charge in [0, 0.05) is 19.5 Å². The number of aliphatic carboxylic acids is 1. The zero-order valence-electron chi connectivity index (χ0n) is 19.4. The molecule has 6 N–H and O–H groups in total. The van der Waals surface area contributed by atoms with E-state index < -0.39 is 24.0 Å². The Morgan fingerprint density at radius 2 is 2.09 bits per heavy atom. The molecule has 0 aromatic heterocycles. The maximum absolute atomic E-state index is 12.3. The molecule has 2 aliphatic heterocycles. The second-order valence-electron chi connectivity index (χ2n) is 8.17. The quantitative estimate of drug-likeness (QED) is 0.216. The van der Waals surface area contributed by atoms with E-state index >= 15 is 0 Å². The van der Waals surface area contributed by atoms with Crippen molar-refractivity contribution in [3.63, 3.8) is 0 Å². The van der Waals surface area contributed by atoms with Crippen molar-refractivity contribution in [3.05, 3.63) is 48.2 Å². The van der Waals surface area contributed by atoms with Crippen LogP contribution >= 0.6 is 0 Å². The molecule has 0 saturated heterocycles. The SMILES string of the molecule is O=C(CC1=NOC(CCCNC2NC=CCN2)C1)NCC(NC(=O)OCc1ccccc1)C(=O)O. The molecule has 0 saturated carbocycles. The molecule has 12 heteroatoms. The van der Waals surface area contributed by atoms with Gasteiger partial charge in [0.1, 0.15) is 25.0 Å². The highest BCUT2D eigenvalue weighted by molar-refractivity contribution is 6.01. The largest absolute Gasteiger partial charge is 0.480 e. The number of carbonyl (C=O) groups is 3. The molecule has 1 aromatic carbocycles. The monoisotopic (exact) mass is 488 g/mol. The standard InChI is InChI=1S/C23H32N6O6/c30-20(13-17-12-18(35-29-17)8-4-9-24-22-25-10-5-11-26-22)27-14-19(21(31)32)28-23(33)34-15-16-6-2-1-3-7-16/h1-3,5-7,10,18-19,22,24-26H,4,8-9,11-15H2,(H,27,30)(H,28,33)(H,31,32). The van der Waals surface area contributed by atoms with Gasteiger partial charge in [-0.05, 0) is 31.1 Å². The molecule has 3 rings (SSSR count). The Hall–Kier alpha value is -3.64. The fourth-order valence-electron chi connectivity index (χ4n) is 3.49. The van der Waals surface area contributed by atoms with E-state index in [1.807, 2.05) is 18.3 Å². The summed E-state index contributed by atoms with van der Waals surface area (Å²) in [6.45, 7) is 1.34. The Morgan fingerprint density at radius 1 is 1.26 bits per heavy atom. The van der Waals surface area contributed by atoms with Gasteiger partial charge in [0.05, 0.1) is 12.1 Å². The lowest BCUT2D eigenvalue weighted by atomic mass is 10.1. The van der Waals surface area contributed by atoms with Gasteiger partial charge in [-0.15, -0.1) is 0 Å². The highest BCUT2D eigenvalue weighted by Gasteiger charge is 2.25. The highest BCUT2D eigenvalue weighted by Crippen LogP contribution is 2.17. The van der Waals surface area contributed by atoms with E-state index in [1.165, 1.54) is 0 Å². The van der Waals surface area contributed by atoms with Crippen LogP contribution in [0.5, 0.6) is 0 Å². The Balaban J connectivity index is 1.29. The smallest absolute Gasteiger partial charge is 0.408 e. The predicted octanol–water partition coefficient (Wildman–Crippen LogP) is 0.377. The summed E-state index contributed by atoms with van der Waals surface area (Å²) in [5, 5.41) is 27.8. The number of rotatable bonds is 13. The number of nitrogens with zero attached hydrogens (tertiary/aromatic N) is 1. The zero-order valence-corrected chi connectivity index (χ0v) is 19.4. The van der Waals surface area contributed by atoms with Gasteiger partial charge in [-0.3, -0.25) is 15.4 Å². The first-order valence-electron chi connectivity index (χ1n) is 11.6. The van der Waals surface area contributed by atoms with Crippen molar-refractivity contribution in [2.24, 2.45) is 5.16 Å². The molecule has 0 spiro atoms. The van der Waals surface area contributed by atoms with E-state index in [0.29, 0.717) is 12.1 Å². The first-order chi connectivity index (χ1) is 17.0. The molecule has 0 fully saturated rings. The second-order valence-corrected chi connectivity index (χ2v) is 8.17. The van der Waals surface area contributed by atoms with Gasteiger partial charge < -0.3 is 30.6 Å². The van der Waals surface area contributed by atoms with Crippen molar-refractivity contribution in [3.8, 4) is 0 Å². The molecule has 2 amide bonds. The summed E-state index contributed by atoms with van der Waals surface area (Å²) >= 11 is 0. The minimum absolute atomic E-state index is 0.00178. The number of ether oxygens (including phenoxy) is 1. The van der Waals surface area contributed by atoms with Gasteiger partial charge in [-0.25, -0.2) is 9.59 Å². The summed E-state index contributed by atoms with van der Waals surface area (Å²) in [5.41, 5.74) is 1.37. The fraction of sp³-hybridized carbons (Fsp3) is 0.478. The topological polar surface area (TPSA) is 162 Å². The molecular weight excluding hydrogens is 456 g/mol. The van der Waals surface area contributed by atoms with Crippen LogP contribution < -0.4 is 26.6 Å². The number of hydrogen-bond acceptors (Lipinski definition) is 9. The first-order valence-corrected chi connectivity index (χ1v) is 11.6. The van der Waals surface area contributed by atoms with E-state index in [4.69, 9.17) is 9.57 Å². The summed E-state index contributed by atoms with van der Waals surface area (Å²) < 4.78 is 5.03. The van der Waals surface area contributed by atoms with Crippen LogP contribution in [0.25, 0.3) is 0 Å². The maximum Gasteiger partial charge on any atom is 0.408 e. The van der Waals surface area contributed by atoms with Crippen LogP contribution in [0.2, 0.25) is 0 Å². The average molecular weight is 489 g/mol. The molecule has 0 aliphatic carbocycles. The summed E-state index contributed by atoms with van der Waals surface area (Å²) in [5.74, 6) is -1.69. The lowest BCUT2D eigenvalue weighted by molar-refractivity contribution is -0.139. The third-order valence-corrected chi connectivity index (χ3v) is 5.34. The number of amides is 2. The summed E-state index contributed by atoms with van der Waals surface area (Å²) in [6.07, 6.45) is 5.22. The molecular formula is C23H32N6O6. The van der Waals surface area contributed by atoms with E-state index in [0.717, 1.165) is 31.5 Å². The molecule has 0 bridgehead atoms. The van der Waals surface area contributed by atoms with Crippen LogP contribution in [0.4, 0.5) is 4.79 Å². The normalized spacial score (nSPS) is 19.6. The number of benzene rings is 1. The first kappa shape index (κ1) is 26.0. The molecule has 3 atom stereocenters. The molecule has 2 aliphatic rings. The van der Waals surface area contributed by atoms with Crippen molar-refractivity contribution in [1.29, 1.82) is 0 Å². The highest BCUT2D eigenvalue weighted by atomic mass is 16.6. The lowest BCUT2D eigenvalue weighted by Gasteiger charge is -2.23. The van der Waals surface area contributed by atoms with Crippen LogP contribution in [0, 0.1) is 0 Å². The van der Waals surface area contributed by atoms with Gasteiger partial charge >= 0.3 is 12.1 Å². The van der Waals surface area contributed by atoms with Crippen molar-refractivity contribution < 1.29 is 29.1 Å². The maximum atomic E-state index is 12.3. The van der Waals surface area contributed by atoms with Gasteiger partial charge in [-0.2, -0.15) is 0 Å². The molecule has 3 unspecified atom stereocenters. The summed E-state index contributed by atoms with van der Waals surface area (Å²) in [4.78, 5) is 41.0. The van der Waals surface area contributed by atoms with Gasteiger partial charge in [0.25, 0.3) is 0 Å². The number of nitrogens with one attached hydrogen (secondary N) is 5. The number of hydrogen-bond donors (Lipinski definition) is 6. The zero-order chi connectivity index (χ0) is 24.9. The Labute approximate surface area is 203 Å². The van der Waals surface area contributed by atoms with Crippen molar-refractivity contribution in [2.45, 2.75) is 50.7 Å². The van der Waals surface area contributed by atoms with Crippen LogP contribution in [0.1, 0.15) is 31.2 Å². The Bertz CT molecular complexity index is 909. The molecule has 0 radical (unpaired) electrons. The van der Waals surface area contributed by atoms with Crippen molar-refractivity contribution in [1.82, 2.24) is 26.6 Å². The predicted molar refractivity (Wildman–Crippen MR) is 127 cm³/mol. The number of oxime groups is 1. The number of carboxylic acid groups (broad SMARTS) is 1. The summed E-state index contributed by atoms with van der Waals surface area (Å²) in [7, 11) is 0. The van der Waals surface area contributed by atoms with E-state index in [9.17, 15) is 19.5 Å². The Kier molecular flexibility index (Phi) is 10.3. The van der Waals surface area contributed by atoms with Crippen LogP contribution in [-0.4, -0.2) is 66.9 Å². The molecule has 35 heavy (non-hydrogen) atoms. The van der Waals surface area contributed by atoms with Gasteiger partial charge in [0.2, 0.25) is 5.91 Å². The second kappa shape index (κ2) is 13.9. The van der Waals surface area contributed by atoms with Crippen LogP contribution in [0.3, 0.4) is 0 Å². The van der Waals surface area contributed by atoms with Crippen molar-refractivity contribution >= 4 is 23.7 Å². The van der Waals surface area contributed by atoms with Crippen LogP contribution in [0.15, 0.2) is 47.8 Å². The minimum Gasteiger partial charge on any atom is -0.480 e. The molecule has 190 valence electrons. The van der Waals surface area contributed by atoms with E-state index in [2.05, 4.69) is 31.7 Å². The average Bonchev–Trinajstić information content (AvgIpc) is 3.31. The third kappa shape index (κ3) is 9.63. The molecule has 12 nitrogen and oxygen atoms in total. The van der Waals surface area contributed by atoms with Crippen LogP contribution in [-0.2, 0) is 25.8 Å². The molecule has 1 aromatic rings. The Morgan fingerprint density at radius 3 is 2.83 bits per heavy atom.